The average Bonchev–Trinajstić information content (AvgIpc) is 2.77. The van der Waals surface area contributed by atoms with Gasteiger partial charge in [-0.15, -0.1) is 0 Å². The molecule has 1 unspecified atom stereocenters. The van der Waals surface area contributed by atoms with Crippen molar-refractivity contribution in [3.8, 4) is 0 Å². The molecule has 0 saturated carbocycles. The maximum Gasteiger partial charge on any atom is 0.404 e. The molecular formula is C29H57ClO2. The van der Waals surface area contributed by atoms with Gasteiger partial charge in [-0.2, -0.15) is 0 Å². The smallest absolute Gasteiger partial charge is 0.404 e. The number of carbonyl (C=O) groups is 1. The molecule has 0 aliphatic rings. The minimum atomic E-state index is -0.628. The van der Waals surface area contributed by atoms with E-state index in [4.69, 9.17) is 16.3 Å². The standard InChI is InChI=1S/C29H57ClO2/c1-3-5-7-9-11-13-15-16-17-19-21-23-25-27-28(32-29(30)31)26-24-22-20-18-14-12-10-8-6-4-2/h28H,3-27H2,1-2H3. The number of carbonyl (C=O) groups excluding carboxylic acids is 1. The minimum absolute atomic E-state index is 0.0294. The summed E-state index contributed by atoms with van der Waals surface area (Å²) in [5.41, 5.74) is -0.628. The van der Waals surface area contributed by atoms with Gasteiger partial charge in [0.25, 0.3) is 0 Å². The zero-order chi connectivity index (χ0) is 23.5. The summed E-state index contributed by atoms with van der Waals surface area (Å²) in [5, 5.41) is 0. The molecule has 0 aromatic carbocycles. The third-order valence-corrected chi connectivity index (χ3v) is 6.86. The lowest BCUT2D eigenvalue weighted by Gasteiger charge is -2.16. The van der Waals surface area contributed by atoms with Crippen LogP contribution in [0.5, 0.6) is 0 Å². The van der Waals surface area contributed by atoms with E-state index in [-0.39, 0.29) is 6.10 Å². The summed E-state index contributed by atoms with van der Waals surface area (Å²) in [6.45, 7) is 4.55. The van der Waals surface area contributed by atoms with Gasteiger partial charge in [0.15, 0.2) is 0 Å². The van der Waals surface area contributed by atoms with E-state index in [2.05, 4.69) is 13.8 Å². The van der Waals surface area contributed by atoms with Gasteiger partial charge >= 0.3 is 5.43 Å². The molecule has 0 aromatic heterocycles. The van der Waals surface area contributed by atoms with E-state index in [1.54, 1.807) is 0 Å². The van der Waals surface area contributed by atoms with E-state index in [1.165, 1.54) is 135 Å². The molecule has 0 aliphatic carbocycles. The summed E-state index contributed by atoms with van der Waals surface area (Å²) in [6.07, 6.45) is 33.1. The highest BCUT2D eigenvalue weighted by atomic mass is 35.5. The van der Waals surface area contributed by atoms with Gasteiger partial charge in [0.05, 0.1) is 0 Å². The molecule has 0 aromatic rings. The lowest BCUT2D eigenvalue weighted by atomic mass is 10.0. The van der Waals surface area contributed by atoms with Crippen LogP contribution < -0.4 is 0 Å². The Kier molecular flexibility index (Phi) is 26.8. The van der Waals surface area contributed by atoms with Crippen molar-refractivity contribution in [1.82, 2.24) is 0 Å². The van der Waals surface area contributed by atoms with E-state index in [0.29, 0.717) is 0 Å². The van der Waals surface area contributed by atoms with Crippen LogP contribution in [0, 0.1) is 0 Å². The number of unbranched alkanes of at least 4 members (excludes halogenated alkanes) is 21. The second-order valence-electron chi connectivity index (χ2n) is 9.98. The predicted octanol–water partition coefficient (Wildman–Crippen LogP) is 11.5. The van der Waals surface area contributed by atoms with Gasteiger partial charge in [0.1, 0.15) is 6.10 Å². The Morgan fingerprint density at radius 2 is 0.750 bits per heavy atom. The SMILES string of the molecule is CCCCCCCCCCCCCCCC(CCCCCCCCCCCC)OC(=O)Cl. The third-order valence-electron chi connectivity index (χ3n) is 6.77. The van der Waals surface area contributed by atoms with Crippen LogP contribution in [0.2, 0.25) is 0 Å². The Balaban J connectivity index is 3.52. The van der Waals surface area contributed by atoms with Crippen LogP contribution in [0.15, 0.2) is 0 Å². The first-order valence-corrected chi connectivity index (χ1v) is 14.9. The van der Waals surface area contributed by atoms with Gasteiger partial charge in [0, 0.05) is 11.6 Å². The van der Waals surface area contributed by atoms with Gasteiger partial charge in [-0.3, -0.25) is 0 Å². The molecule has 0 spiro atoms. The average molecular weight is 473 g/mol. The van der Waals surface area contributed by atoms with Crippen LogP contribution in [0.4, 0.5) is 4.79 Å². The first-order chi connectivity index (χ1) is 15.7. The number of ether oxygens (including phenoxy) is 1. The Morgan fingerprint density at radius 3 is 1.00 bits per heavy atom. The fraction of sp³-hybridized carbons (Fsp3) is 0.966. The van der Waals surface area contributed by atoms with E-state index >= 15 is 0 Å². The van der Waals surface area contributed by atoms with Crippen molar-refractivity contribution < 1.29 is 9.53 Å². The molecule has 0 amide bonds. The molecule has 0 radical (unpaired) electrons. The Morgan fingerprint density at radius 1 is 0.500 bits per heavy atom. The summed E-state index contributed by atoms with van der Waals surface area (Å²) in [6, 6.07) is 0. The largest absolute Gasteiger partial charge is 0.450 e. The highest BCUT2D eigenvalue weighted by Gasteiger charge is 2.12. The molecule has 0 rings (SSSR count). The van der Waals surface area contributed by atoms with Crippen LogP contribution in [0.3, 0.4) is 0 Å². The van der Waals surface area contributed by atoms with Gasteiger partial charge in [-0.1, -0.05) is 149 Å². The van der Waals surface area contributed by atoms with E-state index < -0.39 is 5.43 Å². The molecule has 32 heavy (non-hydrogen) atoms. The van der Waals surface area contributed by atoms with Crippen molar-refractivity contribution in [3.05, 3.63) is 0 Å². The Hall–Kier alpha value is -0.240. The molecule has 0 fully saturated rings. The molecular weight excluding hydrogens is 416 g/mol. The fourth-order valence-corrected chi connectivity index (χ4v) is 4.77. The lowest BCUT2D eigenvalue weighted by Crippen LogP contribution is -2.14. The van der Waals surface area contributed by atoms with Crippen molar-refractivity contribution in [1.29, 1.82) is 0 Å². The van der Waals surface area contributed by atoms with Crippen molar-refractivity contribution in [3.63, 3.8) is 0 Å². The molecule has 1 atom stereocenters. The molecule has 0 N–H and O–H groups in total. The normalized spacial score (nSPS) is 12.2. The zero-order valence-electron chi connectivity index (χ0n) is 21.9. The summed E-state index contributed by atoms with van der Waals surface area (Å²) < 4.78 is 5.37. The Labute approximate surface area is 207 Å². The first-order valence-electron chi connectivity index (χ1n) is 14.6. The highest BCUT2D eigenvalue weighted by molar-refractivity contribution is 6.61. The fourth-order valence-electron chi connectivity index (χ4n) is 4.64. The van der Waals surface area contributed by atoms with Gasteiger partial charge in [-0.25, -0.2) is 4.79 Å². The van der Waals surface area contributed by atoms with Crippen molar-refractivity contribution >= 4 is 17.0 Å². The van der Waals surface area contributed by atoms with Gasteiger partial charge in [0.2, 0.25) is 0 Å². The number of rotatable bonds is 26. The van der Waals surface area contributed by atoms with Crippen molar-refractivity contribution in [2.45, 2.75) is 180 Å². The Bertz CT molecular complexity index is 372. The van der Waals surface area contributed by atoms with E-state index in [1.807, 2.05) is 0 Å². The summed E-state index contributed by atoms with van der Waals surface area (Å²) in [7, 11) is 0. The zero-order valence-corrected chi connectivity index (χ0v) is 22.7. The molecule has 192 valence electrons. The maximum absolute atomic E-state index is 11.2. The number of hydrogen-bond donors (Lipinski definition) is 0. The molecule has 0 saturated heterocycles. The number of hydrogen-bond acceptors (Lipinski definition) is 2. The van der Waals surface area contributed by atoms with E-state index in [9.17, 15) is 4.79 Å². The summed E-state index contributed by atoms with van der Waals surface area (Å²) in [4.78, 5) is 11.2. The molecule has 0 heterocycles. The summed E-state index contributed by atoms with van der Waals surface area (Å²) in [5.74, 6) is 0. The maximum atomic E-state index is 11.2. The van der Waals surface area contributed by atoms with Crippen LogP contribution in [-0.2, 0) is 4.74 Å². The van der Waals surface area contributed by atoms with E-state index in [0.717, 1.165) is 25.7 Å². The third kappa shape index (κ3) is 26.0. The lowest BCUT2D eigenvalue weighted by molar-refractivity contribution is 0.106. The van der Waals surface area contributed by atoms with Crippen LogP contribution in [-0.4, -0.2) is 11.5 Å². The predicted molar refractivity (Wildman–Crippen MR) is 143 cm³/mol. The van der Waals surface area contributed by atoms with Crippen LogP contribution >= 0.6 is 11.6 Å². The molecule has 2 nitrogen and oxygen atoms in total. The minimum Gasteiger partial charge on any atom is -0.450 e. The van der Waals surface area contributed by atoms with Crippen molar-refractivity contribution in [2.75, 3.05) is 0 Å². The second-order valence-corrected chi connectivity index (χ2v) is 10.3. The number of halogens is 1. The van der Waals surface area contributed by atoms with Crippen LogP contribution in [0.1, 0.15) is 174 Å². The van der Waals surface area contributed by atoms with Crippen molar-refractivity contribution in [2.24, 2.45) is 0 Å². The van der Waals surface area contributed by atoms with Gasteiger partial charge in [-0.05, 0) is 25.7 Å². The highest BCUT2D eigenvalue weighted by Crippen LogP contribution is 2.18. The quantitative estimate of drug-likeness (QED) is 0.0923. The van der Waals surface area contributed by atoms with Gasteiger partial charge < -0.3 is 4.74 Å². The topological polar surface area (TPSA) is 26.3 Å². The molecule has 0 aliphatic heterocycles. The molecule has 0 bridgehead atoms. The first kappa shape index (κ1) is 31.8. The summed E-state index contributed by atoms with van der Waals surface area (Å²) >= 11 is 5.50. The second kappa shape index (κ2) is 27.0. The van der Waals surface area contributed by atoms with Crippen LogP contribution in [0.25, 0.3) is 0 Å². The molecule has 3 heteroatoms. The monoisotopic (exact) mass is 472 g/mol.